The molecule has 0 aliphatic carbocycles. The van der Waals surface area contributed by atoms with E-state index in [0.717, 1.165) is 33.6 Å². The first-order valence-corrected chi connectivity index (χ1v) is 7.54. The van der Waals surface area contributed by atoms with Gasteiger partial charge in [0.05, 0.1) is 7.11 Å². The van der Waals surface area contributed by atoms with Gasteiger partial charge >= 0.3 is 0 Å². The van der Waals surface area contributed by atoms with Crippen LogP contribution in [0.5, 0.6) is 5.75 Å². The van der Waals surface area contributed by atoms with Gasteiger partial charge < -0.3 is 4.74 Å². The van der Waals surface area contributed by atoms with E-state index in [9.17, 15) is 4.79 Å². The van der Waals surface area contributed by atoms with Crippen molar-refractivity contribution in [2.24, 2.45) is 0 Å². The molecular weight excluding hydrogens is 284 g/mol. The lowest BCUT2D eigenvalue weighted by atomic mass is 9.93. The number of ketones is 1. The number of benzene rings is 3. The average Bonchev–Trinajstić information content (AvgIpc) is 2.62. The molecule has 3 rings (SSSR count). The summed E-state index contributed by atoms with van der Waals surface area (Å²) in [5.74, 6) is 0.926. The summed E-state index contributed by atoms with van der Waals surface area (Å²) in [6.45, 7) is 1.58. The number of methoxy groups -OCH3 is 1. The number of Topliss-reactive ketones (excluding diaryl/α,β-unsaturated/α-hetero) is 1. The van der Waals surface area contributed by atoms with Crippen LogP contribution in [0.2, 0.25) is 0 Å². The first-order valence-electron chi connectivity index (χ1n) is 7.54. The maximum absolute atomic E-state index is 11.4. The van der Waals surface area contributed by atoms with Gasteiger partial charge in [-0.1, -0.05) is 66.7 Å². The molecule has 3 aromatic rings. The molecule has 114 valence electrons. The van der Waals surface area contributed by atoms with Crippen molar-refractivity contribution in [3.8, 4) is 28.0 Å². The van der Waals surface area contributed by atoms with Gasteiger partial charge in [-0.3, -0.25) is 4.79 Å². The largest absolute Gasteiger partial charge is 0.496 e. The number of rotatable bonds is 4. The van der Waals surface area contributed by atoms with Crippen molar-refractivity contribution in [2.45, 2.75) is 6.92 Å². The van der Waals surface area contributed by atoms with E-state index in [1.165, 1.54) is 0 Å². The van der Waals surface area contributed by atoms with Crippen LogP contribution in [0.15, 0.2) is 72.8 Å². The highest BCUT2D eigenvalue weighted by Gasteiger charge is 2.11. The molecule has 0 N–H and O–H groups in total. The van der Waals surface area contributed by atoms with Crippen molar-refractivity contribution >= 4 is 5.78 Å². The van der Waals surface area contributed by atoms with Gasteiger partial charge in [0.1, 0.15) is 5.75 Å². The van der Waals surface area contributed by atoms with Gasteiger partial charge in [-0.05, 0) is 29.7 Å². The third-order valence-electron chi connectivity index (χ3n) is 3.93. The van der Waals surface area contributed by atoms with E-state index in [-0.39, 0.29) is 5.78 Å². The maximum atomic E-state index is 11.4. The van der Waals surface area contributed by atoms with Crippen LogP contribution in [0.1, 0.15) is 17.3 Å². The van der Waals surface area contributed by atoms with Crippen LogP contribution >= 0.6 is 0 Å². The van der Waals surface area contributed by atoms with Crippen molar-refractivity contribution in [3.05, 3.63) is 78.4 Å². The highest BCUT2D eigenvalue weighted by Crippen LogP contribution is 2.36. The molecule has 0 spiro atoms. The zero-order valence-corrected chi connectivity index (χ0v) is 13.2. The molecule has 0 aliphatic rings. The maximum Gasteiger partial charge on any atom is 0.159 e. The summed E-state index contributed by atoms with van der Waals surface area (Å²) in [4.78, 5) is 11.4. The van der Waals surface area contributed by atoms with Gasteiger partial charge in [0.2, 0.25) is 0 Å². The lowest BCUT2D eigenvalue weighted by Gasteiger charge is -2.13. The summed E-state index contributed by atoms with van der Waals surface area (Å²) >= 11 is 0. The van der Waals surface area contributed by atoms with E-state index >= 15 is 0 Å². The minimum Gasteiger partial charge on any atom is -0.496 e. The van der Waals surface area contributed by atoms with Crippen LogP contribution in [0, 0.1) is 0 Å². The molecule has 0 aromatic heterocycles. The third kappa shape index (κ3) is 3.02. The first-order chi connectivity index (χ1) is 11.2. The lowest BCUT2D eigenvalue weighted by Crippen LogP contribution is -1.92. The second-order valence-electron chi connectivity index (χ2n) is 5.38. The summed E-state index contributed by atoms with van der Waals surface area (Å²) in [7, 11) is 1.68. The second kappa shape index (κ2) is 6.49. The molecule has 2 nitrogen and oxygen atoms in total. The predicted molar refractivity (Wildman–Crippen MR) is 93.9 cm³/mol. The van der Waals surface area contributed by atoms with Gasteiger partial charge in [0.15, 0.2) is 5.78 Å². The van der Waals surface area contributed by atoms with Crippen molar-refractivity contribution in [3.63, 3.8) is 0 Å². The summed E-state index contributed by atoms with van der Waals surface area (Å²) in [5, 5.41) is 0. The Morgan fingerprint density at radius 2 is 1.30 bits per heavy atom. The van der Waals surface area contributed by atoms with Crippen LogP contribution < -0.4 is 4.74 Å². The number of carbonyl (C=O) groups is 1. The van der Waals surface area contributed by atoms with Crippen LogP contribution in [0.3, 0.4) is 0 Å². The molecule has 0 amide bonds. The fourth-order valence-electron chi connectivity index (χ4n) is 2.72. The predicted octanol–water partition coefficient (Wildman–Crippen LogP) is 5.23. The topological polar surface area (TPSA) is 26.3 Å². The Hall–Kier alpha value is -2.87. The van der Waals surface area contributed by atoms with Crippen LogP contribution in [0.25, 0.3) is 22.3 Å². The van der Waals surface area contributed by atoms with E-state index < -0.39 is 0 Å². The van der Waals surface area contributed by atoms with Crippen LogP contribution in [-0.2, 0) is 0 Å². The molecule has 3 aromatic carbocycles. The Labute approximate surface area is 136 Å². The van der Waals surface area contributed by atoms with Gasteiger partial charge in [-0.2, -0.15) is 0 Å². The Morgan fingerprint density at radius 3 is 1.91 bits per heavy atom. The van der Waals surface area contributed by atoms with Crippen molar-refractivity contribution < 1.29 is 9.53 Å². The van der Waals surface area contributed by atoms with Crippen LogP contribution in [-0.4, -0.2) is 12.9 Å². The molecule has 0 radical (unpaired) electrons. The van der Waals surface area contributed by atoms with Gasteiger partial charge in [-0.25, -0.2) is 0 Å². The second-order valence-corrected chi connectivity index (χ2v) is 5.38. The SMILES string of the molecule is COc1ccccc1-c1ccccc1-c1ccc(C(C)=O)cc1. The highest BCUT2D eigenvalue weighted by molar-refractivity contribution is 5.95. The number of para-hydroxylation sites is 1. The zero-order valence-electron chi connectivity index (χ0n) is 13.2. The molecular formula is C21H18O2. The van der Waals surface area contributed by atoms with Gasteiger partial charge in [-0.15, -0.1) is 0 Å². The van der Waals surface area contributed by atoms with E-state index in [4.69, 9.17) is 4.74 Å². The molecule has 0 atom stereocenters. The normalized spacial score (nSPS) is 10.3. The van der Waals surface area contributed by atoms with Crippen molar-refractivity contribution in [1.82, 2.24) is 0 Å². The minimum atomic E-state index is 0.0783. The fraction of sp³-hybridized carbons (Fsp3) is 0.0952. The van der Waals surface area contributed by atoms with Crippen molar-refractivity contribution in [1.29, 1.82) is 0 Å². The molecule has 0 heterocycles. The Morgan fingerprint density at radius 1 is 0.739 bits per heavy atom. The number of ether oxygens (including phenoxy) is 1. The Balaban J connectivity index is 2.13. The fourth-order valence-corrected chi connectivity index (χ4v) is 2.72. The van der Waals surface area contributed by atoms with E-state index in [0.29, 0.717) is 0 Å². The average molecular weight is 302 g/mol. The molecule has 0 saturated heterocycles. The molecule has 0 fully saturated rings. The molecule has 23 heavy (non-hydrogen) atoms. The van der Waals surface area contributed by atoms with Gasteiger partial charge in [0.25, 0.3) is 0 Å². The molecule has 2 heteroatoms. The van der Waals surface area contributed by atoms with E-state index in [1.54, 1.807) is 14.0 Å². The number of hydrogen-bond donors (Lipinski definition) is 0. The highest BCUT2D eigenvalue weighted by atomic mass is 16.5. The van der Waals surface area contributed by atoms with Gasteiger partial charge in [0, 0.05) is 11.1 Å². The summed E-state index contributed by atoms with van der Waals surface area (Å²) < 4.78 is 5.50. The number of hydrogen-bond acceptors (Lipinski definition) is 2. The number of carbonyl (C=O) groups excluding carboxylic acids is 1. The Bertz CT molecular complexity index is 832. The smallest absolute Gasteiger partial charge is 0.159 e. The molecule has 0 aliphatic heterocycles. The van der Waals surface area contributed by atoms with E-state index in [1.807, 2.05) is 54.6 Å². The third-order valence-corrected chi connectivity index (χ3v) is 3.93. The van der Waals surface area contributed by atoms with Crippen LogP contribution in [0.4, 0.5) is 0 Å². The summed E-state index contributed by atoms with van der Waals surface area (Å²) in [6, 6.07) is 23.9. The minimum absolute atomic E-state index is 0.0783. The first kappa shape index (κ1) is 15.0. The molecule has 0 bridgehead atoms. The monoisotopic (exact) mass is 302 g/mol. The van der Waals surface area contributed by atoms with Crippen molar-refractivity contribution in [2.75, 3.05) is 7.11 Å². The zero-order chi connectivity index (χ0) is 16.2. The summed E-state index contributed by atoms with van der Waals surface area (Å²) in [5.41, 5.74) is 5.09. The lowest BCUT2D eigenvalue weighted by molar-refractivity contribution is 0.101. The standard InChI is InChI=1S/C21H18O2/c1-15(22)16-11-13-17(14-12-16)18-7-3-4-8-19(18)20-9-5-6-10-21(20)23-2/h3-14H,1-2H3. The molecule has 0 unspecified atom stereocenters. The Kier molecular flexibility index (Phi) is 4.24. The quantitative estimate of drug-likeness (QED) is 0.617. The summed E-state index contributed by atoms with van der Waals surface area (Å²) in [6.07, 6.45) is 0. The molecule has 0 saturated carbocycles. The van der Waals surface area contributed by atoms with E-state index in [2.05, 4.69) is 18.2 Å².